The minimum absolute atomic E-state index is 0.328. The van der Waals surface area contributed by atoms with Gasteiger partial charge < -0.3 is 9.85 Å². The molecule has 0 fully saturated rings. The van der Waals surface area contributed by atoms with Gasteiger partial charge in [0.2, 0.25) is 0 Å². The van der Waals surface area contributed by atoms with Crippen LogP contribution in [0.3, 0.4) is 0 Å². The Morgan fingerprint density at radius 1 is 1.42 bits per heavy atom. The van der Waals surface area contributed by atoms with Gasteiger partial charge >= 0.3 is 0 Å². The van der Waals surface area contributed by atoms with Crippen molar-refractivity contribution in [2.45, 2.75) is 51.6 Å². The molecule has 0 amide bonds. The quantitative estimate of drug-likeness (QED) is 0.696. The first-order valence-corrected chi connectivity index (χ1v) is 10.7. The summed E-state index contributed by atoms with van der Waals surface area (Å²) in [5.41, 5.74) is 5.71. The highest BCUT2D eigenvalue weighted by molar-refractivity contribution is 6.77. The topological polar surface area (TPSA) is 35.2 Å². The molecule has 0 bridgehead atoms. The molecule has 0 aromatic heterocycles. The molecule has 0 aliphatic carbocycles. The summed E-state index contributed by atoms with van der Waals surface area (Å²) < 4.78 is 6.01. The first-order chi connectivity index (χ1) is 5.33. The normalized spacial score (nSPS) is 15.2. The van der Waals surface area contributed by atoms with E-state index in [-0.39, 0.29) is 0 Å². The van der Waals surface area contributed by atoms with Crippen LogP contribution in [0, 0.1) is 0 Å². The smallest absolute Gasteiger partial charge is 0.173 e. The fraction of sp³-hybridized carbons (Fsp3) is 1.00. The van der Waals surface area contributed by atoms with Crippen molar-refractivity contribution in [2.75, 3.05) is 0 Å². The molecule has 0 heterocycles. The molecule has 4 heteroatoms. The molecule has 0 aromatic rings. The van der Waals surface area contributed by atoms with Crippen LogP contribution in [0.2, 0.25) is 32.2 Å². The molecule has 0 saturated heterocycles. The van der Waals surface area contributed by atoms with Crippen molar-refractivity contribution in [3.63, 3.8) is 0 Å². The zero-order chi connectivity index (χ0) is 9.78. The van der Waals surface area contributed by atoms with E-state index >= 15 is 0 Å². The van der Waals surface area contributed by atoms with E-state index in [4.69, 9.17) is 9.85 Å². The maximum Gasteiger partial charge on any atom is 0.173 e. The maximum absolute atomic E-state index is 6.01. The lowest BCUT2D eigenvalue weighted by Gasteiger charge is -2.26. The lowest BCUT2D eigenvalue weighted by Crippen LogP contribution is -2.36. The van der Waals surface area contributed by atoms with E-state index in [0.717, 1.165) is 6.42 Å². The van der Waals surface area contributed by atoms with Gasteiger partial charge in [-0.15, -0.1) is 0 Å². The third-order valence-electron chi connectivity index (χ3n) is 1.76. The molecule has 0 aliphatic rings. The molecule has 12 heavy (non-hydrogen) atoms. The molecule has 0 aromatic carbocycles. The standard InChI is InChI=1S/C8H23NOSi2/c1-8(9)6-7-12(4,5)10-11(2)3/h8,11H,6-7,9H2,1-5H3. The average Bonchev–Trinajstić information content (AvgIpc) is 1.81. The van der Waals surface area contributed by atoms with Crippen LogP contribution in [-0.2, 0) is 4.12 Å². The zero-order valence-electron chi connectivity index (χ0n) is 9.05. The summed E-state index contributed by atoms with van der Waals surface area (Å²) in [5.74, 6) is 0. The highest BCUT2D eigenvalue weighted by Crippen LogP contribution is 2.15. The van der Waals surface area contributed by atoms with Crippen molar-refractivity contribution in [1.29, 1.82) is 0 Å². The summed E-state index contributed by atoms with van der Waals surface area (Å²) in [7, 11) is -2.19. The molecule has 0 saturated carbocycles. The van der Waals surface area contributed by atoms with Crippen molar-refractivity contribution < 1.29 is 4.12 Å². The van der Waals surface area contributed by atoms with Gasteiger partial charge in [-0.2, -0.15) is 0 Å². The van der Waals surface area contributed by atoms with E-state index in [9.17, 15) is 0 Å². The largest absolute Gasteiger partial charge is 0.458 e. The van der Waals surface area contributed by atoms with Gasteiger partial charge in [-0.1, -0.05) is 0 Å². The summed E-state index contributed by atoms with van der Waals surface area (Å²) in [4.78, 5) is 0. The van der Waals surface area contributed by atoms with Crippen LogP contribution in [0.25, 0.3) is 0 Å². The minimum Gasteiger partial charge on any atom is -0.458 e. The van der Waals surface area contributed by atoms with Crippen LogP contribution in [-0.4, -0.2) is 23.4 Å². The zero-order valence-corrected chi connectivity index (χ0v) is 11.2. The Morgan fingerprint density at radius 3 is 2.25 bits per heavy atom. The van der Waals surface area contributed by atoms with E-state index in [1.165, 1.54) is 6.04 Å². The van der Waals surface area contributed by atoms with Crippen molar-refractivity contribution in [2.24, 2.45) is 5.73 Å². The average molecular weight is 205 g/mol. The van der Waals surface area contributed by atoms with E-state index < -0.39 is 17.4 Å². The predicted octanol–water partition coefficient (Wildman–Crippen LogP) is 1.93. The Kier molecular flexibility index (Phi) is 5.32. The van der Waals surface area contributed by atoms with Crippen LogP contribution >= 0.6 is 0 Å². The van der Waals surface area contributed by atoms with Gasteiger partial charge in [-0.3, -0.25) is 0 Å². The van der Waals surface area contributed by atoms with Crippen LogP contribution in [0.5, 0.6) is 0 Å². The molecule has 0 rings (SSSR count). The molecule has 2 nitrogen and oxygen atoms in total. The van der Waals surface area contributed by atoms with E-state index in [0.29, 0.717) is 6.04 Å². The van der Waals surface area contributed by atoms with Gasteiger partial charge in [-0.25, -0.2) is 0 Å². The summed E-state index contributed by atoms with van der Waals surface area (Å²) in [6.45, 7) is 11.1. The predicted molar refractivity (Wildman–Crippen MR) is 60.5 cm³/mol. The third kappa shape index (κ3) is 7.03. The van der Waals surface area contributed by atoms with Crippen LogP contribution in [0.1, 0.15) is 13.3 Å². The van der Waals surface area contributed by atoms with E-state index in [1.54, 1.807) is 0 Å². The molecule has 0 spiro atoms. The fourth-order valence-corrected chi connectivity index (χ4v) is 8.00. The Labute approximate surface area is 79.4 Å². The van der Waals surface area contributed by atoms with Crippen molar-refractivity contribution in [3.05, 3.63) is 0 Å². The monoisotopic (exact) mass is 205 g/mol. The molecule has 1 unspecified atom stereocenters. The molecule has 74 valence electrons. The Morgan fingerprint density at radius 2 is 1.92 bits per heavy atom. The van der Waals surface area contributed by atoms with Crippen LogP contribution in [0.15, 0.2) is 0 Å². The lowest BCUT2D eigenvalue weighted by molar-refractivity contribution is 0.557. The molecular weight excluding hydrogens is 182 g/mol. The number of hydrogen-bond donors (Lipinski definition) is 1. The Balaban J connectivity index is 3.71. The van der Waals surface area contributed by atoms with Crippen molar-refractivity contribution in [3.8, 4) is 0 Å². The number of nitrogens with two attached hydrogens (primary N) is 1. The summed E-state index contributed by atoms with van der Waals surface area (Å²) >= 11 is 0. The van der Waals surface area contributed by atoms with Crippen molar-refractivity contribution in [1.82, 2.24) is 0 Å². The molecule has 1 atom stereocenters. The maximum atomic E-state index is 6.01. The Hall–Kier alpha value is 0.354. The molecule has 0 aliphatic heterocycles. The summed E-state index contributed by atoms with van der Waals surface area (Å²) in [5, 5.41) is 0. The van der Waals surface area contributed by atoms with Crippen LogP contribution in [0.4, 0.5) is 0 Å². The second-order valence-corrected chi connectivity index (χ2v) is 11.5. The third-order valence-corrected chi connectivity index (χ3v) is 7.69. The molecule has 2 N–H and O–H groups in total. The minimum atomic E-state index is -1.35. The van der Waals surface area contributed by atoms with Gasteiger partial charge in [0.1, 0.15) is 0 Å². The molecule has 0 radical (unpaired) electrons. The Bertz CT molecular complexity index is 126. The highest BCUT2D eigenvalue weighted by Gasteiger charge is 2.23. The SMILES string of the molecule is CC(N)CC[Si](C)(C)O[SiH](C)C. The highest BCUT2D eigenvalue weighted by atomic mass is 28.4. The summed E-state index contributed by atoms with van der Waals surface area (Å²) in [6.07, 6.45) is 1.11. The number of rotatable bonds is 5. The van der Waals surface area contributed by atoms with E-state index in [2.05, 4.69) is 33.1 Å². The van der Waals surface area contributed by atoms with Crippen LogP contribution < -0.4 is 5.73 Å². The number of hydrogen-bond acceptors (Lipinski definition) is 2. The second-order valence-electron chi connectivity index (χ2n) is 4.44. The van der Waals surface area contributed by atoms with Crippen molar-refractivity contribution >= 4 is 17.4 Å². The van der Waals surface area contributed by atoms with Gasteiger partial charge in [0.15, 0.2) is 17.4 Å². The summed E-state index contributed by atoms with van der Waals surface area (Å²) in [6, 6.07) is 1.53. The van der Waals surface area contributed by atoms with Gasteiger partial charge in [0.25, 0.3) is 0 Å². The van der Waals surface area contributed by atoms with E-state index in [1.807, 2.05) is 0 Å². The van der Waals surface area contributed by atoms with Gasteiger partial charge in [0.05, 0.1) is 0 Å². The second kappa shape index (κ2) is 5.16. The molecular formula is C8H23NOSi2. The lowest BCUT2D eigenvalue weighted by atomic mass is 10.3. The van der Waals surface area contributed by atoms with Gasteiger partial charge in [-0.05, 0) is 45.6 Å². The fourth-order valence-electron chi connectivity index (χ4n) is 1.27. The first kappa shape index (κ1) is 12.4. The van der Waals surface area contributed by atoms with Gasteiger partial charge in [0, 0.05) is 6.04 Å². The first-order valence-electron chi connectivity index (χ1n) is 4.77.